The standard InChI is InChI=1S/C20H16N2O2/c1-24-15-10-11-20(23)14(12-15)13-21-22-18-8-4-2-6-16(18)17-7-3-5-9-19(17)22/h2-13,23H,1H3/b21-13+. The molecule has 0 fully saturated rings. The molecule has 24 heavy (non-hydrogen) atoms. The summed E-state index contributed by atoms with van der Waals surface area (Å²) < 4.78 is 7.10. The third kappa shape index (κ3) is 2.29. The van der Waals surface area contributed by atoms with Gasteiger partial charge in [0.2, 0.25) is 0 Å². The summed E-state index contributed by atoms with van der Waals surface area (Å²) >= 11 is 0. The average molecular weight is 316 g/mol. The van der Waals surface area contributed by atoms with Crippen LogP contribution < -0.4 is 4.74 Å². The number of rotatable bonds is 3. The van der Waals surface area contributed by atoms with Crippen molar-refractivity contribution in [2.45, 2.75) is 0 Å². The highest BCUT2D eigenvalue weighted by atomic mass is 16.5. The topological polar surface area (TPSA) is 46.8 Å². The van der Waals surface area contributed by atoms with Crippen molar-refractivity contribution >= 4 is 28.0 Å². The first kappa shape index (κ1) is 14.3. The minimum absolute atomic E-state index is 0.167. The fraction of sp³-hybridized carbons (Fsp3) is 0.0500. The first-order valence-electron chi connectivity index (χ1n) is 7.67. The lowest BCUT2D eigenvalue weighted by atomic mass is 10.2. The van der Waals surface area contributed by atoms with Crippen LogP contribution >= 0.6 is 0 Å². The maximum Gasteiger partial charge on any atom is 0.124 e. The number of hydrogen-bond acceptors (Lipinski definition) is 3. The zero-order chi connectivity index (χ0) is 16.5. The summed E-state index contributed by atoms with van der Waals surface area (Å²) in [4.78, 5) is 0. The van der Waals surface area contributed by atoms with E-state index in [9.17, 15) is 5.11 Å². The third-order valence-corrected chi connectivity index (χ3v) is 4.10. The van der Waals surface area contributed by atoms with E-state index >= 15 is 0 Å². The molecule has 1 heterocycles. The van der Waals surface area contributed by atoms with Crippen LogP contribution in [0.4, 0.5) is 0 Å². The summed E-state index contributed by atoms with van der Waals surface area (Å²) in [7, 11) is 1.60. The highest BCUT2D eigenvalue weighted by Gasteiger charge is 2.08. The highest BCUT2D eigenvalue weighted by molar-refractivity contribution is 6.08. The van der Waals surface area contributed by atoms with E-state index in [-0.39, 0.29) is 5.75 Å². The molecule has 1 N–H and O–H groups in total. The zero-order valence-corrected chi connectivity index (χ0v) is 13.2. The second kappa shape index (κ2) is 5.74. The summed E-state index contributed by atoms with van der Waals surface area (Å²) in [6, 6.07) is 21.4. The molecule has 0 saturated carbocycles. The second-order valence-electron chi connectivity index (χ2n) is 5.52. The maximum absolute atomic E-state index is 10.0. The van der Waals surface area contributed by atoms with Gasteiger partial charge >= 0.3 is 0 Å². The number of methoxy groups -OCH3 is 1. The Balaban J connectivity index is 1.90. The van der Waals surface area contributed by atoms with Gasteiger partial charge in [0.25, 0.3) is 0 Å². The molecule has 0 saturated heterocycles. The number of phenols is 1. The van der Waals surface area contributed by atoms with E-state index in [2.05, 4.69) is 17.2 Å². The van der Waals surface area contributed by atoms with Crippen LogP contribution in [0.5, 0.6) is 11.5 Å². The van der Waals surface area contributed by atoms with Crippen LogP contribution in [-0.4, -0.2) is 23.1 Å². The molecule has 1 aromatic heterocycles. The molecular formula is C20H16N2O2. The predicted octanol–water partition coefficient (Wildman–Crippen LogP) is 4.39. The van der Waals surface area contributed by atoms with Crippen molar-refractivity contribution in [2.24, 2.45) is 5.10 Å². The van der Waals surface area contributed by atoms with Crippen molar-refractivity contribution in [2.75, 3.05) is 7.11 Å². The van der Waals surface area contributed by atoms with E-state index in [1.807, 2.05) is 41.1 Å². The zero-order valence-electron chi connectivity index (χ0n) is 13.2. The van der Waals surface area contributed by atoms with Crippen molar-refractivity contribution in [3.63, 3.8) is 0 Å². The minimum Gasteiger partial charge on any atom is -0.507 e. The van der Waals surface area contributed by atoms with Crippen molar-refractivity contribution < 1.29 is 9.84 Å². The Morgan fingerprint density at radius 1 is 0.917 bits per heavy atom. The largest absolute Gasteiger partial charge is 0.507 e. The summed E-state index contributed by atoms with van der Waals surface area (Å²) in [5, 5.41) is 16.9. The quantitative estimate of drug-likeness (QED) is 0.570. The van der Waals surface area contributed by atoms with E-state index in [4.69, 9.17) is 4.74 Å². The van der Waals surface area contributed by atoms with Gasteiger partial charge in [-0.25, -0.2) is 4.68 Å². The second-order valence-corrected chi connectivity index (χ2v) is 5.52. The molecule has 3 aromatic carbocycles. The van der Waals surface area contributed by atoms with Crippen LogP contribution in [0.3, 0.4) is 0 Å². The Bertz CT molecular complexity index is 1010. The van der Waals surface area contributed by atoms with Gasteiger partial charge in [-0.05, 0) is 30.3 Å². The third-order valence-electron chi connectivity index (χ3n) is 4.10. The highest BCUT2D eigenvalue weighted by Crippen LogP contribution is 2.29. The van der Waals surface area contributed by atoms with Gasteiger partial charge in [0, 0.05) is 16.3 Å². The smallest absolute Gasteiger partial charge is 0.124 e. The molecule has 0 atom stereocenters. The average Bonchev–Trinajstić information content (AvgIpc) is 2.95. The van der Waals surface area contributed by atoms with E-state index in [1.165, 1.54) is 0 Å². The number of fused-ring (bicyclic) bond motifs is 3. The Morgan fingerprint density at radius 3 is 2.17 bits per heavy atom. The molecule has 0 spiro atoms. The van der Waals surface area contributed by atoms with Crippen LogP contribution in [0.25, 0.3) is 21.8 Å². The number of nitrogens with zero attached hydrogens (tertiary/aromatic N) is 2. The van der Waals surface area contributed by atoms with Crippen LogP contribution in [0.2, 0.25) is 0 Å². The first-order valence-corrected chi connectivity index (χ1v) is 7.67. The molecule has 0 bridgehead atoms. The Labute approximate surface area is 139 Å². The fourth-order valence-corrected chi connectivity index (χ4v) is 2.91. The molecule has 0 radical (unpaired) electrons. The van der Waals surface area contributed by atoms with Crippen LogP contribution in [0.15, 0.2) is 71.8 Å². The SMILES string of the molecule is COc1ccc(O)c(/C=N/n2c3ccccc3c3ccccc32)c1. The number of phenolic OH excluding ortho intramolecular Hbond substituents is 1. The molecular weight excluding hydrogens is 300 g/mol. The van der Waals surface area contributed by atoms with Crippen molar-refractivity contribution in [1.29, 1.82) is 0 Å². The lowest BCUT2D eigenvalue weighted by Gasteiger charge is -2.04. The van der Waals surface area contributed by atoms with E-state index < -0.39 is 0 Å². The number of hydrogen-bond donors (Lipinski definition) is 1. The Kier molecular flexibility index (Phi) is 3.43. The molecule has 0 aliphatic heterocycles. The summed E-state index contributed by atoms with van der Waals surface area (Å²) in [5.41, 5.74) is 2.66. The number of benzene rings is 3. The number of aromatic hydroxyl groups is 1. The lowest BCUT2D eigenvalue weighted by Crippen LogP contribution is -1.92. The number of para-hydroxylation sites is 2. The molecule has 0 unspecified atom stereocenters. The predicted molar refractivity (Wildman–Crippen MR) is 97.1 cm³/mol. The van der Waals surface area contributed by atoms with Gasteiger partial charge in [-0.15, -0.1) is 0 Å². The molecule has 4 rings (SSSR count). The fourth-order valence-electron chi connectivity index (χ4n) is 2.91. The van der Waals surface area contributed by atoms with Gasteiger partial charge in [-0.3, -0.25) is 0 Å². The van der Waals surface area contributed by atoms with Gasteiger partial charge in [0.1, 0.15) is 11.5 Å². The van der Waals surface area contributed by atoms with E-state index in [0.717, 1.165) is 21.8 Å². The van der Waals surface area contributed by atoms with Gasteiger partial charge < -0.3 is 9.84 Å². The first-order chi connectivity index (χ1) is 11.8. The van der Waals surface area contributed by atoms with Crippen LogP contribution in [0.1, 0.15) is 5.56 Å². The summed E-state index contributed by atoms with van der Waals surface area (Å²) in [6.07, 6.45) is 1.65. The van der Waals surface area contributed by atoms with E-state index in [1.54, 1.807) is 31.5 Å². The monoisotopic (exact) mass is 316 g/mol. The van der Waals surface area contributed by atoms with Gasteiger partial charge in [-0.2, -0.15) is 5.10 Å². The maximum atomic E-state index is 10.0. The van der Waals surface area contributed by atoms with Crippen LogP contribution in [-0.2, 0) is 0 Å². The molecule has 118 valence electrons. The minimum atomic E-state index is 0.167. The van der Waals surface area contributed by atoms with E-state index in [0.29, 0.717) is 11.3 Å². The van der Waals surface area contributed by atoms with Gasteiger partial charge in [-0.1, -0.05) is 36.4 Å². The Hall–Kier alpha value is -3.27. The summed E-state index contributed by atoms with van der Waals surface area (Å²) in [5.74, 6) is 0.844. The molecule has 0 amide bonds. The normalized spacial score (nSPS) is 11.5. The number of ether oxygens (including phenoxy) is 1. The molecule has 4 heteroatoms. The lowest BCUT2D eigenvalue weighted by molar-refractivity contribution is 0.412. The molecule has 4 aromatic rings. The molecule has 4 nitrogen and oxygen atoms in total. The van der Waals surface area contributed by atoms with Crippen molar-refractivity contribution in [3.05, 3.63) is 72.3 Å². The van der Waals surface area contributed by atoms with Crippen molar-refractivity contribution in [1.82, 2.24) is 4.68 Å². The number of aromatic nitrogens is 1. The Morgan fingerprint density at radius 2 is 1.54 bits per heavy atom. The molecule has 0 aliphatic carbocycles. The van der Waals surface area contributed by atoms with Gasteiger partial charge in [0.15, 0.2) is 0 Å². The van der Waals surface area contributed by atoms with Crippen molar-refractivity contribution in [3.8, 4) is 11.5 Å². The molecule has 0 aliphatic rings. The van der Waals surface area contributed by atoms with Gasteiger partial charge in [0.05, 0.1) is 24.4 Å². The summed E-state index contributed by atoms with van der Waals surface area (Å²) in [6.45, 7) is 0. The van der Waals surface area contributed by atoms with Crippen LogP contribution in [0, 0.1) is 0 Å².